The molecule has 1 amide bonds. The molecule has 0 aliphatic heterocycles. The highest BCUT2D eigenvalue weighted by atomic mass is 32.2. The van der Waals surface area contributed by atoms with Crippen molar-refractivity contribution in [2.45, 2.75) is 37.6 Å². The van der Waals surface area contributed by atoms with Gasteiger partial charge in [-0.2, -0.15) is 0 Å². The molecule has 1 atom stereocenters. The van der Waals surface area contributed by atoms with Crippen LogP contribution in [0.2, 0.25) is 0 Å². The smallest absolute Gasteiger partial charge is 0.244 e. The Morgan fingerprint density at radius 3 is 2.50 bits per heavy atom. The summed E-state index contributed by atoms with van der Waals surface area (Å²) < 4.78 is 25.7. The molecule has 0 radical (unpaired) electrons. The fourth-order valence-electron chi connectivity index (χ4n) is 1.45. The largest absolute Gasteiger partial charge is 0.324 e. The summed E-state index contributed by atoms with van der Waals surface area (Å²) in [6, 6.07) is 4.54. The molecule has 0 aliphatic carbocycles. The third-order valence-corrected chi connectivity index (χ3v) is 4.70. The average Bonchev–Trinajstić information content (AvgIpc) is 2.40. The predicted octanol–water partition coefficient (Wildman–Crippen LogP) is 0.969. The first-order valence-corrected chi connectivity index (χ1v) is 7.77. The molecule has 0 spiro atoms. The van der Waals surface area contributed by atoms with Crippen LogP contribution in [0.3, 0.4) is 0 Å². The van der Waals surface area contributed by atoms with Gasteiger partial charge in [0.05, 0.1) is 10.4 Å². The first-order valence-electron chi connectivity index (χ1n) is 6.28. The summed E-state index contributed by atoms with van der Waals surface area (Å²) in [5.41, 5.74) is 6.07. The molecule has 0 fully saturated rings. The lowest BCUT2D eigenvalue weighted by molar-refractivity contribution is -0.120. The Balaban J connectivity index is 3.14. The van der Waals surface area contributed by atoms with Crippen molar-refractivity contribution in [3.05, 3.63) is 23.8 Å². The molecule has 1 rings (SSSR count). The van der Waals surface area contributed by atoms with Gasteiger partial charge in [-0.3, -0.25) is 4.79 Å². The predicted molar refractivity (Wildman–Crippen MR) is 78.9 cm³/mol. The minimum absolute atomic E-state index is 0.0936. The van der Waals surface area contributed by atoms with Gasteiger partial charge in [0.25, 0.3) is 0 Å². The van der Waals surface area contributed by atoms with E-state index < -0.39 is 15.6 Å². The van der Waals surface area contributed by atoms with Crippen molar-refractivity contribution in [1.82, 2.24) is 4.72 Å². The number of nitrogens with two attached hydrogens (primary N) is 1. The summed E-state index contributed by atoms with van der Waals surface area (Å²) in [5.74, 6) is -0.345. The number of carbonyl (C=O) groups is 1. The number of hydrogen-bond donors (Lipinski definition) is 3. The van der Waals surface area contributed by atoms with Crippen LogP contribution in [-0.2, 0) is 14.8 Å². The third kappa shape index (κ3) is 3.56. The molecule has 6 nitrogen and oxygen atoms in total. The monoisotopic (exact) mass is 299 g/mol. The number of rotatable bonds is 5. The zero-order valence-electron chi connectivity index (χ0n) is 12.1. The maximum atomic E-state index is 12.0. The molecule has 0 bridgehead atoms. The Hall–Kier alpha value is -1.44. The summed E-state index contributed by atoms with van der Waals surface area (Å²) in [7, 11) is -2.21. The first-order chi connectivity index (χ1) is 9.14. The van der Waals surface area contributed by atoms with Crippen molar-refractivity contribution < 1.29 is 13.2 Å². The minimum atomic E-state index is -3.55. The Morgan fingerprint density at radius 1 is 1.40 bits per heavy atom. The molecule has 0 saturated heterocycles. The summed E-state index contributed by atoms with van der Waals surface area (Å²) in [6.45, 7) is 5.23. The van der Waals surface area contributed by atoms with Crippen molar-refractivity contribution in [2.24, 2.45) is 5.73 Å². The van der Waals surface area contributed by atoms with Crippen LogP contribution in [0.25, 0.3) is 0 Å². The van der Waals surface area contributed by atoms with Gasteiger partial charge in [0, 0.05) is 5.69 Å². The van der Waals surface area contributed by atoms with Crippen LogP contribution in [0.5, 0.6) is 0 Å². The number of benzene rings is 1. The number of nitrogens with one attached hydrogen (secondary N) is 2. The third-order valence-electron chi connectivity index (χ3n) is 3.29. The topological polar surface area (TPSA) is 101 Å². The van der Waals surface area contributed by atoms with Crippen molar-refractivity contribution >= 4 is 21.6 Å². The van der Waals surface area contributed by atoms with Crippen LogP contribution in [0.1, 0.15) is 25.8 Å². The zero-order chi connectivity index (χ0) is 15.6. The Kier molecular flexibility index (Phi) is 4.90. The fraction of sp³-hybridized carbons (Fsp3) is 0.462. The summed E-state index contributed by atoms with van der Waals surface area (Å²) >= 11 is 0. The number of amides is 1. The van der Waals surface area contributed by atoms with Crippen molar-refractivity contribution in [3.8, 4) is 0 Å². The molecule has 0 aromatic heterocycles. The normalized spacial score (nSPS) is 14.7. The lowest BCUT2D eigenvalue weighted by Crippen LogP contribution is -2.47. The Bertz CT molecular complexity index is 609. The lowest BCUT2D eigenvalue weighted by atomic mass is 9.99. The molecule has 1 aromatic rings. The first kappa shape index (κ1) is 16.6. The van der Waals surface area contributed by atoms with Crippen LogP contribution >= 0.6 is 0 Å². The van der Waals surface area contributed by atoms with E-state index >= 15 is 0 Å². The van der Waals surface area contributed by atoms with Gasteiger partial charge in [0.2, 0.25) is 15.9 Å². The Morgan fingerprint density at radius 2 is 2.00 bits per heavy atom. The molecule has 112 valence electrons. The molecule has 0 aliphatic rings. The number of carbonyl (C=O) groups excluding carboxylic acids is 1. The molecule has 0 heterocycles. The maximum absolute atomic E-state index is 12.0. The van der Waals surface area contributed by atoms with Crippen LogP contribution in [0.4, 0.5) is 5.69 Å². The number of anilines is 1. The molecule has 4 N–H and O–H groups in total. The van der Waals surface area contributed by atoms with Crippen LogP contribution in [0.15, 0.2) is 23.1 Å². The second-order valence-corrected chi connectivity index (χ2v) is 6.80. The number of sulfonamides is 1. The SMILES string of the molecule is CCC(C)(N)C(=O)Nc1cc(S(=O)(=O)NC)ccc1C. The quantitative estimate of drug-likeness (QED) is 0.754. The van der Waals surface area contributed by atoms with Gasteiger partial charge >= 0.3 is 0 Å². The maximum Gasteiger partial charge on any atom is 0.244 e. The molecular formula is C13H21N3O3S. The summed E-state index contributed by atoms with van der Waals surface area (Å²) in [6.07, 6.45) is 0.479. The highest BCUT2D eigenvalue weighted by molar-refractivity contribution is 7.89. The zero-order valence-corrected chi connectivity index (χ0v) is 13.0. The van der Waals surface area contributed by atoms with Gasteiger partial charge in [0.1, 0.15) is 0 Å². The van der Waals surface area contributed by atoms with E-state index in [1.807, 2.05) is 6.92 Å². The van der Waals surface area contributed by atoms with E-state index in [4.69, 9.17) is 5.73 Å². The van der Waals surface area contributed by atoms with E-state index in [1.165, 1.54) is 19.2 Å². The van der Waals surface area contributed by atoms with Gasteiger partial charge in [-0.15, -0.1) is 0 Å². The van der Waals surface area contributed by atoms with Gasteiger partial charge < -0.3 is 11.1 Å². The molecule has 7 heteroatoms. The van der Waals surface area contributed by atoms with Crippen LogP contribution in [-0.4, -0.2) is 26.9 Å². The van der Waals surface area contributed by atoms with E-state index in [9.17, 15) is 13.2 Å². The summed E-state index contributed by atoms with van der Waals surface area (Å²) in [5, 5.41) is 2.68. The molecule has 0 saturated carbocycles. The fourth-order valence-corrected chi connectivity index (χ4v) is 2.20. The number of aryl methyl sites for hydroxylation is 1. The second kappa shape index (κ2) is 5.90. The molecule has 20 heavy (non-hydrogen) atoms. The Labute approximate surface area is 119 Å². The van der Waals surface area contributed by atoms with E-state index in [-0.39, 0.29) is 10.8 Å². The highest BCUT2D eigenvalue weighted by Gasteiger charge is 2.26. The highest BCUT2D eigenvalue weighted by Crippen LogP contribution is 2.21. The minimum Gasteiger partial charge on any atom is -0.324 e. The molecular weight excluding hydrogens is 278 g/mol. The second-order valence-electron chi connectivity index (χ2n) is 4.91. The molecule has 1 unspecified atom stereocenters. The van der Waals surface area contributed by atoms with Gasteiger partial charge in [-0.25, -0.2) is 13.1 Å². The van der Waals surface area contributed by atoms with Crippen LogP contribution < -0.4 is 15.8 Å². The van der Waals surface area contributed by atoms with Gasteiger partial charge in [-0.1, -0.05) is 13.0 Å². The van der Waals surface area contributed by atoms with E-state index in [1.54, 1.807) is 19.9 Å². The van der Waals surface area contributed by atoms with Gasteiger partial charge in [-0.05, 0) is 45.0 Å². The number of hydrogen-bond acceptors (Lipinski definition) is 4. The van der Waals surface area contributed by atoms with E-state index in [0.717, 1.165) is 5.56 Å². The summed E-state index contributed by atoms with van der Waals surface area (Å²) in [4.78, 5) is 12.1. The standard InChI is InChI=1S/C13H21N3O3S/c1-5-13(3,14)12(17)16-11-8-10(7-6-9(11)2)20(18,19)15-4/h6-8,15H,5,14H2,1-4H3,(H,16,17). The lowest BCUT2D eigenvalue weighted by Gasteiger charge is -2.22. The molecule has 1 aromatic carbocycles. The van der Waals surface area contributed by atoms with E-state index in [2.05, 4.69) is 10.0 Å². The van der Waals surface area contributed by atoms with E-state index in [0.29, 0.717) is 12.1 Å². The van der Waals surface area contributed by atoms with Gasteiger partial charge in [0.15, 0.2) is 0 Å². The van der Waals surface area contributed by atoms with Crippen molar-refractivity contribution in [3.63, 3.8) is 0 Å². The van der Waals surface area contributed by atoms with Crippen molar-refractivity contribution in [1.29, 1.82) is 0 Å². The van der Waals surface area contributed by atoms with Crippen molar-refractivity contribution in [2.75, 3.05) is 12.4 Å². The average molecular weight is 299 g/mol. The van der Waals surface area contributed by atoms with Crippen LogP contribution in [0, 0.1) is 6.92 Å².